The number of nitrogens with zero attached hydrogens (tertiary/aromatic N) is 4. The molecule has 1 aromatic rings. The summed E-state index contributed by atoms with van der Waals surface area (Å²) in [6.45, 7) is 8.76. The predicted molar refractivity (Wildman–Crippen MR) is 101 cm³/mol. The summed E-state index contributed by atoms with van der Waals surface area (Å²) in [6.07, 6.45) is 5.88. The number of ether oxygens (including phenoxy) is 1. The standard InChI is InChI=1S/C16H26N4O2.2CH2O2/c1-13(20-6-5-17-14(20)2)16(21)19-9-7-18(8-10-19)15-3-11-22-12-4-15;2*2-1-3/h5-6,13,15H,3-4,7-12H2,1-2H3;2*1H,(H,2,3). The fraction of sp³-hybridized carbons (Fsp3) is 0.667. The molecule has 1 amide bonds. The Balaban J connectivity index is 0.000000582. The molecule has 2 fully saturated rings. The average molecular weight is 398 g/mol. The summed E-state index contributed by atoms with van der Waals surface area (Å²) in [6, 6.07) is 0.469. The fourth-order valence-corrected chi connectivity index (χ4v) is 3.54. The molecule has 1 atom stereocenters. The number of amides is 1. The van der Waals surface area contributed by atoms with E-state index in [1.54, 1.807) is 6.20 Å². The van der Waals surface area contributed by atoms with E-state index < -0.39 is 0 Å². The van der Waals surface area contributed by atoms with Gasteiger partial charge in [-0.1, -0.05) is 0 Å². The first kappa shape index (κ1) is 23.6. The number of aromatic nitrogens is 2. The first-order valence-electron chi connectivity index (χ1n) is 9.25. The van der Waals surface area contributed by atoms with E-state index in [9.17, 15) is 4.79 Å². The molecule has 1 aromatic heterocycles. The first-order valence-corrected chi connectivity index (χ1v) is 9.25. The SMILES string of the molecule is Cc1nccn1C(C)C(=O)N1CCN(C2CCOCC2)CC1.O=CO.O=CO. The minimum Gasteiger partial charge on any atom is -0.483 e. The van der Waals surface area contributed by atoms with Crippen molar-refractivity contribution >= 4 is 18.9 Å². The molecule has 0 aliphatic carbocycles. The Morgan fingerprint density at radius 1 is 1.18 bits per heavy atom. The topological polar surface area (TPSA) is 125 Å². The second-order valence-electron chi connectivity index (χ2n) is 6.47. The Kier molecular flexibility index (Phi) is 10.8. The van der Waals surface area contributed by atoms with Crippen LogP contribution in [0.2, 0.25) is 0 Å². The molecular weight excluding hydrogens is 368 g/mol. The van der Waals surface area contributed by atoms with Gasteiger partial charge in [0.1, 0.15) is 11.9 Å². The van der Waals surface area contributed by atoms with Crippen molar-refractivity contribution in [1.82, 2.24) is 19.4 Å². The number of carbonyl (C=O) groups excluding carboxylic acids is 1. The number of hydrogen-bond donors (Lipinski definition) is 2. The van der Waals surface area contributed by atoms with Gasteiger partial charge in [0.15, 0.2) is 0 Å². The van der Waals surface area contributed by atoms with E-state index in [4.69, 9.17) is 24.5 Å². The highest BCUT2D eigenvalue weighted by Crippen LogP contribution is 2.19. The molecule has 2 aliphatic rings. The van der Waals surface area contributed by atoms with Gasteiger partial charge in [-0.25, -0.2) is 4.98 Å². The molecule has 2 N–H and O–H groups in total. The average Bonchev–Trinajstić information content (AvgIpc) is 3.15. The van der Waals surface area contributed by atoms with Crippen LogP contribution in [-0.2, 0) is 19.1 Å². The summed E-state index contributed by atoms with van der Waals surface area (Å²) in [5.41, 5.74) is 0. The Morgan fingerprint density at radius 3 is 2.18 bits per heavy atom. The van der Waals surface area contributed by atoms with E-state index in [1.165, 1.54) is 0 Å². The van der Waals surface area contributed by atoms with Crippen LogP contribution in [0.3, 0.4) is 0 Å². The second-order valence-corrected chi connectivity index (χ2v) is 6.47. The summed E-state index contributed by atoms with van der Waals surface area (Å²) < 4.78 is 7.39. The van der Waals surface area contributed by atoms with Crippen molar-refractivity contribution < 1.29 is 29.3 Å². The van der Waals surface area contributed by atoms with Crippen LogP contribution in [-0.4, -0.2) is 93.9 Å². The zero-order chi connectivity index (χ0) is 20.9. The van der Waals surface area contributed by atoms with Crippen molar-refractivity contribution in [1.29, 1.82) is 0 Å². The van der Waals surface area contributed by atoms with E-state index in [0.29, 0.717) is 6.04 Å². The third-order valence-electron chi connectivity index (χ3n) is 4.97. The Hall–Kier alpha value is -2.46. The predicted octanol–water partition coefficient (Wildman–Crippen LogP) is 0.477. The van der Waals surface area contributed by atoms with Crippen LogP contribution >= 0.6 is 0 Å². The van der Waals surface area contributed by atoms with E-state index in [-0.39, 0.29) is 24.9 Å². The maximum Gasteiger partial charge on any atom is 0.290 e. The molecule has 10 nitrogen and oxygen atoms in total. The molecule has 0 spiro atoms. The molecule has 2 aliphatic heterocycles. The van der Waals surface area contributed by atoms with Crippen LogP contribution in [0.1, 0.15) is 31.6 Å². The summed E-state index contributed by atoms with van der Waals surface area (Å²) >= 11 is 0. The minimum absolute atomic E-state index is 0.169. The van der Waals surface area contributed by atoms with Gasteiger partial charge in [-0.2, -0.15) is 0 Å². The minimum atomic E-state index is -0.250. The fourth-order valence-electron chi connectivity index (χ4n) is 3.54. The van der Waals surface area contributed by atoms with E-state index >= 15 is 0 Å². The molecule has 3 rings (SSSR count). The molecule has 3 heterocycles. The zero-order valence-electron chi connectivity index (χ0n) is 16.4. The number of piperazine rings is 1. The maximum atomic E-state index is 12.7. The lowest BCUT2D eigenvalue weighted by Gasteiger charge is -2.41. The van der Waals surface area contributed by atoms with Gasteiger partial charge in [-0.05, 0) is 26.7 Å². The van der Waals surface area contributed by atoms with Crippen molar-refractivity contribution in [2.45, 2.75) is 38.8 Å². The van der Waals surface area contributed by atoms with Crippen LogP contribution in [0, 0.1) is 6.92 Å². The van der Waals surface area contributed by atoms with Gasteiger partial charge in [-0.15, -0.1) is 0 Å². The normalized spacial score (nSPS) is 18.7. The molecule has 10 heteroatoms. The van der Waals surface area contributed by atoms with Crippen molar-refractivity contribution in [3.63, 3.8) is 0 Å². The van der Waals surface area contributed by atoms with Gasteiger partial charge in [0.2, 0.25) is 5.91 Å². The molecule has 0 saturated carbocycles. The van der Waals surface area contributed by atoms with Gasteiger partial charge in [0, 0.05) is 57.8 Å². The Morgan fingerprint density at radius 2 is 1.71 bits per heavy atom. The Bertz CT molecular complexity index is 589. The van der Waals surface area contributed by atoms with E-state index in [1.807, 2.05) is 29.5 Å². The number of rotatable bonds is 3. The third kappa shape index (κ3) is 6.93. The lowest BCUT2D eigenvalue weighted by Crippen LogP contribution is -2.54. The largest absolute Gasteiger partial charge is 0.483 e. The molecule has 0 bridgehead atoms. The number of hydrogen-bond acceptors (Lipinski definition) is 6. The molecular formula is C18H30N4O6. The van der Waals surface area contributed by atoms with Gasteiger partial charge < -0.3 is 24.4 Å². The smallest absolute Gasteiger partial charge is 0.290 e. The monoisotopic (exact) mass is 398 g/mol. The highest BCUT2D eigenvalue weighted by atomic mass is 16.5. The molecule has 1 unspecified atom stereocenters. The molecule has 158 valence electrons. The first-order chi connectivity index (χ1) is 13.5. The highest BCUT2D eigenvalue weighted by molar-refractivity contribution is 5.80. The van der Waals surface area contributed by atoms with Gasteiger partial charge >= 0.3 is 0 Å². The van der Waals surface area contributed by atoms with Crippen molar-refractivity contribution in [3.8, 4) is 0 Å². The summed E-state index contributed by atoms with van der Waals surface area (Å²) in [5.74, 6) is 1.09. The number of aryl methyl sites for hydroxylation is 1. The molecule has 0 aromatic carbocycles. The molecule has 2 saturated heterocycles. The zero-order valence-corrected chi connectivity index (χ0v) is 16.4. The number of imidazole rings is 1. The van der Waals surface area contributed by atoms with Gasteiger partial charge in [-0.3, -0.25) is 19.3 Å². The second kappa shape index (κ2) is 12.8. The lowest BCUT2D eigenvalue weighted by atomic mass is 10.1. The van der Waals surface area contributed by atoms with Crippen LogP contribution in [0.5, 0.6) is 0 Å². The quantitative estimate of drug-likeness (QED) is 0.704. The van der Waals surface area contributed by atoms with Crippen LogP contribution in [0.4, 0.5) is 0 Å². The van der Waals surface area contributed by atoms with Crippen LogP contribution < -0.4 is 0 Å². The van der Waals surface area contributed by atoms with E-state index in [0.717, 1.165) is 58.1 Å². The number of carbonyl (C=O) groups is 3. The van der Waals surface area contributed by atoms with Crippen molar-refractivity contribution in [2.75, 3.05) is 39.4 Å². The number of carboxylic acid groups (broad SMARTS) is 2. The summed E-state index contributed by atoms with van der Waals surface area (Å²) in [7, 11) is 0. The Labute approximate surface area is 164 Å². The summed E-state index contributed by atoms with van der Waals surface area (Å²) in [4.78, 5) is 38.1. The van der Waals surface area contributed by atoms with Crippen molar-refractivity contribution in [2.24, 2.45) is 0 Å². The third-order valence-corrected chi connectivity index (χ3v) is 4.97. The van der Waals surface area contributed by atoms with Crippen molar-refractivity contribution in [3.05, 3.63) is 18.2 Å². The summed E-state index contributed by atoms with van der Waals surface area (Å²) in [5, 5.41) is 13.8. The lowest BCUT2D eigenvalue weighted by molar-refractivity contribution is -0.136. The molecule has 28 heavy (non-hydrogen) atoms. The van der Waals surface area contributed by atoms with Crippen LogP contribution in [0.15, 0.2) is 12.4 Å². The van der Waals surface area contributed by atoms with Gasteiger partial charge in [0.05, 0.1) is 0 Å². The van der Waals surface area contributed by atoms with E-state index in [2.05, 4.69) is 9.88 Å². The van der Waals surface area contributed by atoms with Crippen LogP contribution in [0.25, 0.3) is 0 Å². The molecule has 0 radical (unpaired) electrons. The van der Waals surface area contributed by atoms with Gasteiger partial charge in [0.25, 0.3) is 12.9 Å². The highest BCUT2D eigenvalue weighted by Gasteiger charge is 2.29. The maximum absolute atomic E-state index is 12.7.